The Bertz CT molecular complexity index is 1990. The number of tetrazole rings is 1. The highest BCUT2D eigenvalue weighted by Crippen LogP contribution is 2.42. The molecule has 3 aliphatic heterocycles. The van der Waals surface area contributed by atoms with Crippen LogP contribution >= 0.6 is 23.2 Å². The molecular weight excluding hydrogens is 747 g/mol. The van der Waals surface area contributed by atoms with Gasteiger partial charge >= 0.3 is 12.0 Å². The second kappa shape index (κ2) is 16.5. The number of amides is 3. The Labute approximate surface area is 329 Å². The molecule has 0 spiro atoms. The zero-order valence-corrected chi connectivity index (χ0v) is 32.1. The van der Waals surface area contributed by atoms with Gasteiger partial charge in [-0.2, -0.15) is 0 Å². The lowest BCUT2D eigenvalue weighted by Crippen LogP contribution is -2.59. The number of nitrogens with zero attached hydrogens (tertiary/aromatic N) is 9. The number of halogens is 2. The smallest absolute Gasteiger partial charge is 0.318 e. The van der Waals surface area contributed by atoms with E-state index < -0.39 is 11.5 Å². The number of piperidine rings is 1. The van der Waals surface area contributed by atoms with E-state index >= 15 is 0 Å². The first-order chi connectivity index (χ1) is 26.6. The van der Waals surface area contributed by atoms with Crippen molar-refractivity contribution < 1.29 is 24.2 Å². The molecule has 0 saturated carbocycles. The van der Waals surface area contributed by atoms with E-state index in [4.69, 9.17) is 27.9 Å². The van der Waals surface area contributed by atoms with Gasteiger partial charge in [-0.3, -0.25) is 19.5 Å². The van der Waals surface area contributed by atoms with Crippen LogP contribution in [0, 0.1) is 0 Å². The highest BCUT2D eigenvalue weighted by atomic mass is 35.5. The van der Waals surface area contributed by atoms with Crippen molar-refractivity contribution >= 4 is 41.1 Å². The van der Waals surface area contributed by atoms with E-state index in [9.17, 15) is 19.5 Å². The number of rotatable bonds is 11. The third-order valence-corrected chi connectivity index (χ3v) is 12.2. The second-order valence-electron chi connectivity index (χ2n) is 14.5. The van der Waals surface area contributed by atoms with E-state index in [2.05, 4.69) is 30.7 Å². The van der Waals surface area contributed by atoms with Gasteiger partial charge in [0.1, 0.15) is 12.1 Å². The van der Waals surface area contributed by atoms with Crippen LogP contribution in [0.15, 0.2) is 67.3 Å². The maximum atomic E-state index is 14.2. The lowest BCUT2D eigenvalue weighted by atomic mass is 9.76. The van der Waals surface area contributed by atoms with Gasteiger partial charge in [0.05, 0.1) is 40.5 Å². The average molecular weight is 792 g/mol. The second-order valence-corrected chi connectivity index (χ2v) is 15.3. The van der Waals surface area contributed by atoms with Gasteiger partial charge < -0.3 is 29.9 Å². The van der Waals surface area contributed by atoms with Crippen LogP contribution < -0.4 is 10.1 Å². The Kier molecular flexibility index (Phi) is 11.5. The van der Waals surface area contributed by atoms with Crippen LogP contribution in [-0.2, 0) is 15.7 Å². The fourth-order valence-electron chi connectivity index (χ4n) is 8.18. The molecule has 0 radical (unpaired) electrons. The molecule has 3 aliphatic rings. The highest BCUT2D eigenvalue weighted by molar-refractivity contribution is 6.42. The fraction of sp³-hybridized carbons (Fsp3) is 0.447. The summed E-state index contributed by atoms with van der Waals surface area (Å²) < 4.78 is 7.11. The van der Waals surface area contributed by atoms with Crippen molar-refractivity contribution in [3.05, 3.63) is 94.0 Å². The lowest BCUT2D eigenvalue weighted by Gasteiger charge is -2.45. The van der Waals surface area contributed by atoms with Crippen LogP contribution in [-0.4, -0.2) is 140 Å². The predicted octanol–water partition coefficient (Wildman–Crippen LogP) is 3.95. The molecule has 1 atom stereocenters. The van der Waals surface area contributed by atoms with E-state index in [1.165, 1.54) is 11.0 Å². The molecule has 15 nitrogen and oxygen atoms in total. The number of aromatic nitrogens is 5. The van der Waals surface area contributed by atoms with Gasteiger partial charge in [-0.1, -0.05) is 29.3 Å². The Morgan fingerprint density at radius 3 is 2.29 bits per heavy atom. The minimum Gasteiger partial charge on any atom is -0.496 e. The average Bonchev–Trinajstić information content (AvgIpc) is 3.91. The molecule has 5 heterocycles. The number of hydrogen-bond acceptors (Lipinski definition) is 10. The zero-order chi connectivity index (χ0) is 38.6. The summed E-state index contributed by atoms with van der Waals surface area (Å²) in [5.74, 6) is -0.548. The van der Waals surface area contributed by atoms with Gasteiger partial charge in [-0.05, 0) is 96.2 Å². The van der Waals surface area contributed by atoms with Gasteiger partial charge in [0.2, 0.25) is 0 Å². The standard InChI is InChI=1S/C38H44Cl2N10O5/c1-55-33-5-3-29(50-26-42-44-45-50)23-30(33)35(53)49-17-9-37(25-49,28-2-4-31(39)32(40)22-28)8-14-46-15-10-38(11-16-46,27-6-12-41-13-7-27)43-36(54)48-20-18-47(19-21-48)24-34(51)52/h2-7,12-13,22-23,26H,8-11,14-21,24-25H2,1H3,(H,43,54)(H,51,52). The number of carbonyl (C=O) groups is 3. The Hall–Kier alpha value is -4.83. The van der Waals surface area contributed by atoms with Crippen LogP contribution in [0.1, 0.15) is 47.2 Å². The molecule has 3 amide bonds. The van der Waals surface area contributed by atoms with Crippen molar-refractivity contribution in [3.8, 4) is 11.4 Å². The number of piperazine rings is 1. The molecule has 2 aromatic heterocycles. The number of benzene rings is 2. The number of ether oxygens (including phenoxy) is 1. The third kappa shape index (κ3) is 8.39. The molecule has 55 heavy (non-hydrogen) atoms. The lowest BCUT2D eigenvalue weighted by molar-refractivity contribution is -0.138. The summed E-state index contributed by atoms with van der Waals surface area (Å²) in [6.45, 7) is 5.21. The molecule has 0 aliphatic carbocycles. The quantitative estimate of drug-likeness (QED) is 0.226. The number of urea groups is 1. The van der Waals surface area contributed by atoms with E-state index in [1.54, 1.807) is 42.6 Å². The molecule has 1 unspecified atom stereocenters. The fourth-order valence-corrected chi connectivity index (χ4v) is 8.48. The number of carboxylic acid groups (broad SMARTS) is 1. The number of aliphatic carboxylic acids is 1. The van der Waals surface area contributed by atoms with Crippen molar-refractivity contribution in [1.82, 2.24) is 50.1 Å². The molecule has 4 aromatic rings. The van der Waals surface area contributed by atoms with Crippen molar-refractivity contribution in [2.45, 2.75) is 36.6 Å². The summed E-state index contributed by atoms with van der Waals surface area (Å²) in [7, 11) is 1.55. The summed E-state index contributed by atoms with van der Waals surface area (Å²) in [4.78, 5) is 51.3. The summed E-state index contributed by atoms with van der Waals surface area (Å²) >= 11 is 13.0. The Morgan fingerprint density at radius 1 is 0.855 bits per heavy atom. The number of pyridine rings is 1. The van der Waals surface area contributed by atoms with E-state index in [0.29, 0.717) is 79.2 Å². The number of nitrogens with one attached hydrogen (secondary N) is 1. The normalized spacial score (nSPS) is 20.3. The molecule has 2 aromatic carbocycles. The number of methoxy groups -OCH3 is 1. The number of likely N-dealkylation sites (tertiary alicyclic amines) is 2. The molecule has 3 fully saturated rings. The first-order valence-corrected chi connectivity index (χ1v) is 19.1. The van der Waals surface area contributed by atoms with Crippen LogP contribution in [0.5, 0.6) is 5.75 Å². The van der Waals surface area contributed by atoms with Gasteiger partial charge in [0.15, 0.2) is 0 Å². The highest BCUT2D eigenvalue weighted by Gasteiger charge is 2.44. The minimum absolute atomic E-state index is 0.0292. The summed E-state index contributed by atoms with van der Waals surface area (Å²) in [5, 5.41) is 25.0. The predicted molar refractivity (Wildman–Crippen MR) is 205 cm³/mol. The van der Waals surface area contributed by atoms with Crippen LogP contribution in [0.25, 0.3) is 5.69 Å². The molecular formula is C38H44Cl2N10O5. The number of hydrogen-bond donors (Lipinski definition) is 2. The Morgan fingerprint density at radius 2 is 1.62 bits per heavy atom. The van der Waals surface area contributed by atoms with Gasteiger partial charge in [0.25, 0.3) is 5.91 Å². The topological polar surface area (TPSA) is 162 Å². The number of carbonyl (C=O) groups excluding carboxylic acids is 2. The van der Waals surface area contributed by atoms with Gasteiger partial charge in [0, 0.05) is 70.2 Å². The molecule has 7 rings (SSSR count). The van der Waals surface area contributed by atoms with E-state index in [-0.39, 0.29) is 23.9 Å². The molecule has 17 heteroatoms. The van der Waals surface area contributed by atoms with Crippen molar-refractivity contribution in [1.29, 1.82) is 0 Å². The van der Waals surface area contributed by atoms with Crippen molar-refractivity contribution in [3.63, 3.8) is 0 Å². The summed E-state index contributed by atoms with van der Waals surface area (Å²) in [6.07, 6.45) is 7.89. The van der Waals surface area contributed by atoms with Crippen LogP contribution in [0.2, 0.25) is 10.0 Å². The number of carboxylic acids is 1. The van der Waals surface area contributed by atoms with E-state index in [0.717, 1.165) is 43.6 Å². The van der Waals surface area contributed by atoms with Crippen molar-refractivity contribution in [2.24, 2.45) is 0 Å². The monoisotopic (exact) mass is 790 g/mol. The Balaban J connectivity index is 1.06. The first-order valence-electron chi connectivity index (χ1n) is 18.4. The molecule has 3 saturated heterocycles. The van der Waals surface area contributed by atoms with Gasteiger partial charge in [-0.25, -0.2) is 9.48 Å². The zero-order valence-electron chi connectivity index (χ0n) is 30.6. The largest absolute Gasteiger partial charge is 0.496 e. The molecule has 0 bridgehead atoms. The third-order valence-electron chi connectivity index (χ3n) is 11.4. The van der Waals surface area contributed by atoms with Crippen LogP contribution in [0.4, 0.5) is 4.79 Å². The molecule has 290 valence electrons. The first kappa shape index (κ1) is 38.4. The summed E-state index contributed by atoms with van der Waals surface area (Å²) in [5.41, 5.74) is 2.14. The van der Waals surface area contributed by atoms with Crippen LogP contribution in [0.3, 0.4) is 0 Å². The van der Waals surface area contributed by atoms with Gasteiger partial charge in [-0.15, -0.1) is 5.10 Å². The van der Waals surface area contributed by atoms with Crippen molar-refractivity contribution in [2.75, 3.05) is 72.6 Å². The van der Waals surface area contributed by atoms with E-state index in [1.807, 2.05) is 40.1 Å². The summed E-state index contributed by atoms with van der Waals surface area (Å²) in [6, 6.07) is 14.9. The maximum Gasteiger partial charge on any atom is 0.318 e. The molecule has 2 N–H and O–H groups in total. The minimum atomic E-state index is -0.868. The SMILES string of the molecule is COc1ccc(-n2cnnn2)cc1C(=O)N1CCC(CCN2CCC(NC(=O)N3CCN(CC(=O)O)CC3)(c3ccncc3)CC2)(c2ccc(Cl)c(Cl)c2)C1. The maximum absolute atomic E-state index is 14.2.